The number of imidazole rings is 1. The average molecular weight is 415 g/mol. The van der Waals surface area contributed by atoms with E-state index in [2.05, 4.69) is 15.3 Å². The second-order valence-electron chi connectivity index (χ2n) is 6.38. The number of rotatable bonds is 4. The van der Waals surface area contributed by atoms with Crippen molar-refractivity contribution in [2.75, 3.05) is 24.1 Å². The first kappa shape index (κ1) is 21.1. The fourth-order valence-corrected chi connectivity index (χ4v) is 4.36. The molecule has 9 nitrogen and oxygen atoms in total. The van der Waals surface area contributed by atoms with Crippen molar-refractivity contribution in [1.29, 1.82) is 0 Å². The monoisotopic (exact) mass is 414 g/mol. The molecule has 0 saturated carbocycles. The molecule has 1 fully saturated rings. The summed E-state index contributed by atoms with van der Waals surface area (Å²) in [5, 5.41) is 2.84. The molecule has 1 saturated heterocycles. The standard InChI is InChI=1S/C16H22N6O3S.ClH/c1-11-19-15(10-21(11)2)26(24,25)22-7-5-12(6-8-22)16(23)20-13-3-4-14(17)18-9-13;/h3-4,9-10,12H,5-8H2,1-2H3,(H2,17,18)(H,20,23);1H. The van der Waals surface area contributed by atoms with E-state index in [1.165, 1.54) is 16.7 Å². The highest BCUT2D eigenvalue weighted by Crippen LogP contribution is 2.24. The summed E-state index contributed by atoms with van der Waals surface area (Å²) in [6.07, 6.45) is 3.92. The van der Waals surface area contributed by atoms with E-state index in [0.29, 0.717) is 30.2 Å². The number of nitrogens with two attached hydrogens (primary N) is 1. The molecule has 3 heterocycles. The Balaban J connectivity index is 0.00000261. The van der Waals surface area contributed by atoms with Crippen LogP contribution in [0.5, 0.6) is 0 Å². The van der Waals surface area contributed by atoms with Crippen LogP contribution in [-0.2, 0) is 21.9 Å². The van der Waals surface area contributed by atoms with Gasteiger partial charge in [-0.05, 0) is 31.9 Å². The maximum Gasteiger partial charge on any atom is 0.262 e. The second kappa shape index (κ2) is 8.24. The fraction of sp³-hybridized carbons (Fsp3) is 0.438. The molecule has 2 aromatic rings. The third kappa shape index (κ3) is 4.57. The van der Waals surface area contributed by atoms with Crippen molar-refractivity contribution >= 4 is 39.8 Å². The van der Waals surface area contributed by atoms with Crippen molar-refractivity contribution in [3.05, 3.63) is 30.4 Å². The second-order valence-corrected chi connectivity index (χ2v) is 8.26. The third-order valence-electron chi connectivity index (χ3n) is 4.57. The van der Waals surface area contributed by atoms with Crippen molar-refractivity contribution < 1.29 is 13.2 Å². The van der Waals surface area contributed by atoms with E-state index in [4.69, 9.17) is 5.73 Å². The van der Waals surface area contributed by atoms with Crippen molar-refractivity contribution in [2.24, 2.45) is 13.0 Å². The van der Waals surface area contributed by atoms with Gasteiger partial charge in [0.1, 0.15) is 11.6 Å². The number of aromatic nitrogens is 3. The Morgan fingerprint density at radius 2 is 1.96 bits per heavy atom. The van der Waals surface area contributed by atoms with Crippen LogP contribution in [0.4, 0.5) is 11.5 Å². The van der Waals surface area contributed by atoms with E-state index in [1.807, 2.05) is 0 Å². The fourth-order valence-electron chi connectivity index (χ4n) is 2.86. The molecule has 11 heteroatoms. The van der Waals surface area contributed by atoms with Crippen LogP contribution < -0.4 is 11.1 Å². The smallest absolute Gasteiger partial charge is 0.262 e. The SMILES string of the molecule is Cc1nc(S(=O)(=O)N2CCC(C(=O)Nc3ccc(N)nc3)CC2)cn1C.Cl. The number of carbonyl (C=O) groups is 1. The van der Waals surface area contributed by atoms with Crippen LogP contribution in [-0.4, -0.2) is 46.3 Å². The number of nitrogen functional groups attached to an aromatic ring is 1. The average Bonchev–Trinajstić information content (AvgIpc) is 2.97. The predicted octanol–water partition coefficient (Wildman–Crippen LogP) is 1.17. The summed E-state index contributed by atoms with van der Waals surface area (Å²) < 4.78 is 28.4. The summed E-state index contributed by atoms with van der Waals surface area (Å²) in [5.74, 6) is 0.632. The third-order valence-corrected chi connectivity index (χ3v) is 6.34. The Labute approximate surface area is 164 Å². The summed E-state index contributed by atoms with van der Waals surface area (Å²) in [6.45, 7) is 2.33. The molecule has 0 radical (unpaired) electrons. The van der Waals surface area contributed by atoms with E-state index in [-0.39, 0.29) is 42.3 Å². The van der Waals surface area contributed by atoms with Crippen molar-refractivity contribution in [1.82, 2.24) is 18.8 Å². The predicted molar refractivity (Wildman–Crippen MR) is 104 cm³/mol. The molecule has 2 aromatic heterocycles. The summed E-state index contributed by atoms with van der Waals surface area (Å²) >= 11 is 0. The maximum atomic E-state index is 12.7. The molecule has 3 N–H and O–H groups in total. The largest absolute Gasteiger partial charge is 0.384 e. The molecule has 0 spiro atoms. The van der Waals surface area contributed by atoms with Gasteiger partial charge in [-0.15, -0.1) is 12.4 Å². The number of pyridine rings is 1. The highest BCUT2D eigenvalue weighted by Gasteiger charge is 2.33. The Hall–Kier alpha value is -2.17. The summed E-state index contributed by atoms with van der Waals surface area (Å²) in [5.41, 5.74) is 6.09. The van der Waals surface area contributed by atoms with Gasteiger partial charge in [0.05, 0.1) is 11.9 Å². The van der Waals surface area contributed by atoms with Crippen LogP contribution in [0.15, 0.2) is 29.6 Å². The van der Waals surface area contributed by atoms with Gasteiger partial charge in [-0.25, -0.2) is 18.4 Å². The van der Waals surface area contributed by atoms with Crippen molar-refractivity contribution in [3.8, 4) is 0 Å². The first-order valence-corrected chi connectivity index (χ1v) is 9.74. The molecule has 0 atom stereocenters. The first-order valence-electron chi connectivity index (χ1n) is 8.30. The quantitative estimate of drug-likeness (QED) is 0.773. The number of nitrogens with one attached hydrogen (secondary N) is 1. The molecule has 148 valence electrons. The number of aryl methyl sites for hydroxylation is 2. The zero-order valence-electron chi connectivity index (χ0n) is 15.1. The van der Waals surface area contributed by atoms with Gasteiger partial charge in [0.2, 0.25) is 5.91 Å². The maximum absolute atomic E-state index is 12.7. The number of piperidine rings is 1. The number of halogens is 1. The van der Waals surface area contributed by atoms with Crippen molar-refractivity contribution in [2.45, 2.75) is 24.8 Å². The Kier molecular flexibility index (Phi) is 6.45. The zero-order chi connectivity index (χ0) is 18.9. The topological polar surface area (TPSA) is 123 Å². The summed E-state index contributed by atoms with van der Waals surface area (Å²) in [4.78, 5) is 20.4. The molecule has 1 aliphatic heterocycles. The van der Waals surface area contributed by atoms with E-state index in [0.717, 1.165) is 0 Å². The van der Waals surface area contributed by atoms with Crippen LogP contribution in [0.25, 0.3) is 0 Å². The number of hydrogen-bond acceptors (Lipinski definition) is 6. The van der Waals surface area contributed by atoms with Gasteiger partial charge >= 0.3 is 0 Å². The molecule has 0 unspecified atom stereocenters. The molecule has 1 amide bonds. The number of carbonyl (C=O) groups excluding carboxylic acids is 1. The Morgan fingerprint density at radius 3 is 2.48 bits per heavy atom. The van der Waals surface area contributed by atoms with Gasteiger partial charge in [0.15, 0.2) is 5.03 Å². The van der Waals surface area contributed by atoms with Gasteiger partial charge in [-0.3, -0.25) is 4.79 Å². The van der Waals surface area contributed by atoms with Crippen LogP contribution in [0.2, 0.25) is 0 Å². The van der Waals surface area contributed by atoms with Crippen LogP contribution in [0.1, 0.15) is 18.7 Å². The van der Waals surface area contributed by atoms with Gasteiger partial charge in [0, 0.05) is 32.3 Å². The van der Waals surface area contributed by atoms with E-state index >= 15 is 0 Å². The lowest BCUT2D eigenvalue weighted by atomic mass is 9.97. The number of hydrogen-bond donors (Lipinski definition) is 2. The number of nitrogens with zero attached hydrogens (tertiary/aromatic N) is 4. The van der Waals surface area contributed by atoms with Gasteiger partial charge in [0.25, 0.3) is 10.0 Å². The molecule has 1 aliphatic rings. The Morgan fingerprint density at radius 1 is 1.30 bits per heavy atom. The van der Waals surface area contributed by atoms with Crippen molar-refractivity contribution in [3.63, 3.8) is 0 Å². The van der Waals surface area contributed by atoms with Crippen LogP contribution >= 0.6 is 12.4 Å². The molecular weight excluding hydrogens is 392 g/mol. The highest BCUT2D eigenvalue weighted by molar-refractivity contribution is 7.89. The molecular formula is C16H23ClN6O3S. The first-order chi connectivity index (χ1) is 12.3. The summed E-state index contributed by atoms with van der Waals surface area (Å²) in [6, 6.07) is 3.29. The van der Waals surface area contributed by atoms with E-state index < -0.39 is 10.0 Å². The van der Waals surface area contributed by atoms with Gasteiger partial charge < -0.3 is 15.6 Å². The normalized spacial score (nSPS) is 15.9. The van der Waals surface area contributed by atoms with Crippen LogP contribution in [0, 0.1) is 12.8 Å². The summed E-state index contributed by atoms with van der Waals surface area (Å²) in [7, 11) is -1.88. The molecule has 0 aromatic carbocycles. The lowest BCUT2D eigenvalue weighted by Crippen LogP contribution is -2.41. The number of amides is 1. The molecule has 27 heavy (non-hydrogen) atoms. The minimum absolute atomic E-state index is 0. The van der Waals surface area contributed by atoms with Gasteiger partial charge in [-0.1, -0.05) is 0 Å². The van der Waals surface area contributed by atoms with E-state index in [9.17, 15) is 13.2 Å². The molecule has 3 rings (SSSR count). The number of anilines is 2. The molecule has 0 aliphatic carbocycles. The Bertz CT molecular complexity index is 885. The molecule has 0 bridgehead atoms. The van der Waals surface area contributed by atoms with Gasteiger partial charge in [-0.2, -0.15) is 4.31 Å². The minimum Gasteiger partial charge on any atom is -0.384 e. The lowest BCUT2D eigenvalue weighted by molar-refractivity contribution is -0.120. The number of sulfonamides is 1. The van der Waals surface area contributed by atoms with E-state index in [1.54, 1.807) is 30.7 Å². The zero-order valence-corrected chi connectivity index (χ0v) is 16.8. The highest BCUT2D eigenvalue weighted by atomic mass is 35.5. The lowest BCUT2D eigenvalue weighted by Gasteiger charge is -2.29. The van der Waals surface area contributed by atoms with Crippen LogP contribution in [0.3, 0.4) is 0 Å². The minimum atomic E-state index is -3.63.